The summed E-state index contributed by atoms with van der Waals surface area (Å²) < 4.78 is 5.20. The Labute approximate surface area is 92.0 Å². The van der Waals surface area contributed by atoms with Crippen molar-refractivity contribution in [3.63, 3.8) is 0 Å². The van der Waals surface area contributed by atoms with Gasteiger partial charge in [0.1, 0.15) is 5.56 Å². The molecular formula is C10H12N2O4. The van der Waals surface area contributed by atoms with E-state index in [-0.39, 0.29) is 11.3 Å². The van der Waals surface area contributed by atoms with Gasteiger partial charge in [-0.15, -0.1) is 0 Å². The summed E-state index contributed by atoms with van der Waals surface area (Å²) in [4.78, 5) is 25.5. The Balaban J connectivity index is 2.95. The largest absolute Gasteiger partial charge is 0.478 e. The van der Waals surface area contributed by atoms with Gasteiger partial charge in [0, 0.05) is 6.20 Å². The third-order valence-corrected chi connectivity index (χ3v) is 1.97. The number of pyridine rings is 1. The van der Waals surface area contributed by atoms with Crippen molar-refractivity contribution in [2.45, 2.75) is 19.4 Å². The van der Waals surface area contributed by atoms with E-state index in [4.69, 9.17) is 15.6 Å². The van der Waals surface area contributed by atoms with Crippen LogP contribution in [0.3, 0.4) is 0 Å². The number of carbonyl (C=O) groups is 2. The Hall–Kier alpha value is -2.11. The first kappa shape index (κ1) is 12.0. The Kier molecular flexibility index (Phi) is 3.82. The zero-order valence-corrected chi connectivity index (χ0v) is 8.71. The molecular weight excluding hydrogens is 212 g/mol. The number of primary amides is 1. The summed E-state index contributed by atoms with van der Waals surface area (Å²) in [6, 6.07) is 1.30. The molecule has 1 atom stereocenters. The SMILES string of the molecule is CCC(Oc1cnccc1C(=O)O)C(N)=O. The minimum atomic E-state index is -1.14. The number of nitrogens with zero attached hydrogens (tertiary/aromatic N) is 1. The van der Waals surface area contributed by atoms with Gasteiger partial charge in [-0.3, -0.25) is 9.78 Å². The Bertz CT molecular complexity index is 406. The molecule has 6 heteroatoms. The van der Waals surface area contributed by atoms with Crippen molar-refractivity contribution in [2.24, 2.45) is 5.73 Å². The first-order valence-electron chi connectivity index (χ1n) is 4.69. The lowest BCUT2D eigenvalue weighted by Crippen LogP contribution is -2.33. The highest BCUT2D eigenvalue weighted by Crippen LogP contribution is 2.18. The van der Waals surface area contributed by atoms with Crippen LogP contribution in [0.4, 0.5) is 0 Å². The van der Waals surface area contributed by atoms with Crippen LogP contribution < -0.4 is 10.5 Å². The maximum Gasteiger partial charge on any atom is 0.339 e. The number of aromatic carboxylic acids is 1. The number of ether oxygens (including phenoxy) is 1. The summed E-state index contributed by atoms with van der Waals surface area (Å²) in [5.74, 6) is -1.74. The summed E-state index contributed by atoms with van der Waals surface area (Å²) in [6.45, 7) is 1.71. The highest BCUT2D eigenvalue weighted by atomic mass is 16.5. The summed E-state index contributed by atoms with van der Waals surface area (Å²) >= 11 is 0. The van der Waals surface area contributed by atoms with Gasteiger partial charge in [0.25, 0.3) is 5.91 Å². The molecule has 0 saturated carbocycles. The fourth-order valence-electron chi connectivity index (χ4n) is 1.15. The molecule has 86 valence electrons. The number of aromatic nitrogens is 1. The molecule has 3 N–H and O–H groups in total. The number of carbonyl (C=O) groups excluding carboxylic acids is 1. The molecule has 1 aromatic heterocycles. The van der Waals surface area contributed by atoms with Crippen molar-refractivity contribution in [1.82, 2.24) is 4.98 Å². The number of amides is 1. The molecule has 16 heavy (non-hydrogen) atoms. The molecule has 0 radical (unpaired) electrons. The predicted octanol–water partition coefficient (Wildman–Crippen LogP) is 0.422. The number of rotatable bonds is 5. The van der Waals surface area contributed by atoms with E-state index in [1.807, 2.05) is 0 Å². The average molecular weight is 224 g/mol. The zero-order chi connectivity index (χ0) is 12.1. The highest BCUT2D eigenvalue weighted by molar-refractivity contribution is 5.90. The predicted molar refractivity (Wildman–Crippen MR) is 55.1 cm³/mol. The molecule has 0 spiro atoms. The fraction of sp³-hybridized carbons (Fsp3) is 0.300. The van der Waals surface area contributed by atoms with E-state index in [0.29, 0.717) is 6.42 Å². The monoisotopic (exact) mass is 224 g/mol. The number of nitrogens with two attached hydrogens (primary N) is 1. The number of carboxylic acids is 1. The van der Waals surface area contributed by atoms with Crippen LogP contribution in [0.15, 0.2) is 18.5 Å². The summed E-state index contributed by atoms with van der Waals surface area (Å²) in [7, 11) is 0. The van der Waals surface area contributed by atoms with Gasteiger partial charge in [0.05, 0.1) is 6.20 Å². The van der Waals surface area contributed by atoms with Gasteiger partial charge in [0.15, 0.2) is 11.9 Å². The van der Waals surface area contributed by atoms with Crippen LogP contribution in [0.2, 0.25) is 0 Å². The van der Waals surface area contributed by atoms with Crippen molar-refractivity contribution in [3.05, 3.63) is 24.0 Å². The van der Waals surface area contributed by atoms with E-state index in [2.05, 4.69) is 4.98 Å². The Morgan fingerprint density at radius 3 is 2.81 bits per heavy atom. The van der Waals surface area contributed by atoms with Gasteiger partial charge >= 0.3 is 5.97 Å². The maximum absolute atomic E-state index is 10.9. The molecule has 1 rings (SSSR count). The molecule has 6 nitrogen and oxygen atoms in total. The highest BCUT2D eigenvalue weighted by Gasteiger charge is 2.18. The van der Waals surface area contributed by atoms with Crippen LogP contribution in [-0.4, -0.2) is 28.1 Å². The third kappa shape index (κ3) is 2.69. The van der Waals surface area contributed by atoms with E-state index in [1.54, 1.807) is 6.92 Å². The van der Waals surface area contributed by atoms with Gasteiger partial charge in [0.2, 0.25) is 0 Å². The third-order valence-electron chi connectivity index (χ3n) is 1.97. The molecule has 0 saturated heterocycles. The lowest BCUT2D eigenvalue weighted by Gasteiger charge is -2.14. The van der Waals surface area contributed by atoms with Crippen LogP contribution in [0.25, 0.3) is 0 Å². The topological polar surface area (TPSA) is 103 Å². The van der Waals surface area contributed by atoms with Crippen LogP contribution >= 0.6 is 0 Å². The number of hydrogen-bond donors (Lipinski definition) is 2. The van der Waals surface area contributed by atoms with E-state index in [9.17, 15) is 9.59 Å². The molecule has 1 unspecified atom stereocenters. The normalized spacial score (nSPS) is 11.8. The zero-order valence-electron chi connectivity index (χ0n) is 8.71. The maximum atomic E-state index is 10.9. The lowest BCUT2D eigenvalue weighted by molar-refractivity contribution is -0.124. The van der Waals surface area contributed by atoms with Crippen LogP contribution in [-0.2, 0) is 4.79 Å². The van der Waals surface area contributed by atoms with Crippen molar-refractivity contribution < 1.29 is 19.4 Å². The molecule has 1 aromatic rings. The summed E-state index contributed by atoms with van der Waals surface area (Å²) in [5.41, 5.74) is 5.04. The Morgan fingerprint density at radius 1 is 1.62 bits per heavy atom. The quantitative estimate of drug-likeness (QED) is 0.754. The van der Waals surface area contributed by atoms with Crippen molar-refractivity contribution in [2.75, 3.05) is 0 Å². The molecule has 0 aliphatic carbocycles. The van der Waals surface area contributed by atoms with E-state index < -0.39 is 18.0 Å². The van der Waals surface area contributed by atoms with Crippen LogP contribution in [0.5, 0.6) is 5.75 Å². The second-order valence-electron chi connectivity index (χ2n) is 3.09. The fourth-order valence-corrected chi connectivity index (χ4v) is 1.15. The minimum Gasteiger partial charge on any atom is -0.478 e. The van der Waals surface area contributed by atoms with Crippen molar-refractivity contribution in [3.8, 4) is 5.75 Å². The smallest absolute Gasteiger partial charge is 0.339 e. The van der Waals surface area contributed by atoms with E-state index in [0.717, 1.165) is 0 Å². The minimum absolute atomic E-state index is 0.0423. The number of hydrogen-bond acceptors (Lipinski definition) is 4. The van der Waals surface area contributed by atoms with Gasteiger partial charge < -0.3 is 15.6 Å². The first-order valence-corrected chi connectivity index (χ1v) is 4.69. The second kappa shape index (κ2) is 5.11. The molecule has 1 heterocycles. The molecule has 0 aromatic carbocycles. The molecule has 0 fully saturated rings. The molecule has 1 amide bonds. The number of carboxylic acid groups (broad SMARTS) is 1. The van der Waals surface area contributed by atoms with Crippen LogP contribution in [0, 0.1) is 0 Å². The van der Waals surface area contributed by atoms with Gasteiger partial charge in [-0.05, 0) is 12.5 Å². The van der Waals surface area contributed by atoms with Crippen molar-refractivity contribution >= 4 is 11.9 Å². The summed E-state index contributed by atoms with van der Waals surface area (Å²) in [6.07, 6.45) is 2.10. The molecule has 0 aliphatic heterocycles. The van der Waals surface area contributed by atoms with Gasteiger partial charge in [-0.2, -0.15) is 0 Å². The van der Waals surface area contributed by atoms with Gasteiger partial charge in [-0.1, -0.05) is 6.92 Å². The standard InChI is InChI=1S/C10H12N2O4/c1-2-7(9(11)13)16-8-5-12-4-3-6(8)10(14)15/h3-5,7H,2H2,1H3,(H2,11,13)(H,14,15). The van der Waals surface area contributed by atoms with Crippen molar-refractivity contribution in [1.29, 1.82) is 0 Å². The lowest BCUT2D eigenvalue weighted by atomic mass is 10.2. The first-order chi connectivity index (χ1) is 7.56. The van der Waals surface area contributed by atoms with E-state index >= 15 is 0 Å². The molecule has 0 aliphatic rings. The Morgan fingerprint density at radius 2 is 2.31 bits per heavy atom. The summed E-state index contributed by atoms with van der Waals surface area (Å²) in [5, 5.41) is 8.87. The average Bonchev–Trinajstić information content (AvgIpc) is 2.25. The van der Waals surface area contributed by atoms with Gasteiger partial charge in [-0.25, -0.2) is 4.79 Å². The second-order valence-corrected chi connectivity index (χ2v) is 3.09. The molecule has 0 bridgehead atoms. The van der Waals surface area contributed by atoms with E-state index in [1.165, 1.54) is 18.5 Å². The van der Waals surface area contributed by atoms with Crippen LogP contribution in [0.1, 0.15) is 23.7 Å².